The van der Waals surface area contributed by atoms with Crippen LogP contribution in [0, 0.1) is 0 Å². The van der Waals surface area contributed by atoms with Crippen molar-refractivity contribution in [3.63, 3.8) is 0 Å². The minimum Gasteiger partial charge on any atom is -0.478 e. The molecule has 0 saturated carbocycles. The Labute approximate surface area is 86.8 Å². The molecule has 0 saturated heterocycles. The first-order valence-electron chi connectivity index (χ1n) is 3.97. The molecule has 0 aromatic heterocycles. The van der Waals surface area contributed by atoms with Gasteiger partial charge in [0.05, 0.1) is 5.56 Å². The topological polar surface area (TPSA) is 63.3 Å². The lowest BCUT2D eigenvalue weighted by molar-refractivity contribution is 0.0695. The molecule has 0 fully saturated rings. The van der Waals surface area contributed by atoms with E-state index in [2.05, 4.69) is 6.58 Å². The molecule has 74 valence electrons. The molecule has 3 nitrogen and oxygen atoms in total. The molecule has 0 spiro atoms. The van der Waals surface area contributed by atoms with E-state index in [1.54, 1.807) is 0 Å². The Kier molecular flexibility index (Phi) is 3.28. The van der Waals surface area contributed by atoms with Crippen LogP contribution < -0.4 is 5.73 Å². The molecular formula is C10H10ClNO2. The quantitative estimate of drug-likeness (QED) is 0.754. The minimum absolute atomic E-state index is 0.154. The molecule has 0 heterocycles. The van der Waals surface area contributed by atoms with Gasteiger partial charge in [0.2, 0.25) is 0 Å². The van der Waals surface area contributed by atoms with Crippen molar-refractivity contribution in [1.29, 1.82) is 0 Å². The van der Waals surface area contributed by atoms with Crippen molar-refractivity contribution in [2.75, 3.05) is 0 Å². The Morgan fingerprint density at radius 2 is 2.29 bits per heavy atom. The maximum Gasteiger partial charge on any atom is 0.336 e. The largest absolute Gasteiger partial charge is 0.478 e. The fourth-order valence-corrected chi connectivity index (χ4v) is 1.31. The third-order valence-electron chi connectivity index (χ3n) is 1.86. The van der Waals surface area contributed by atoms with Crippen molar-refractivity contribution in [2.24, 2.45) is 5.73 Å². The molecule has 1 aromatic rings. The van der Waals surface area contributed by atoms with Crippen molar-refractivity contribution in [3.05, 3.63) is 47.0 Å². The first-order chi connectivity index (χ1) is 6.56. The number of carboxylic acids is 1. The molecule has 14 heavy (non-hydrogen) atoms. The molecule has 1 aromatic carbocycles. The van der Waals surface area contributed by atoms with Crippen LogP contribution in [0.3, 0.4) is 0 Å². The average molecular weight is 212 g/mol. The summed E-state index contributed by atoms with van der Waals surface area (Å²) >= 11 is 5.74. The summed E-state index contributed by atoms with van der Waals surface area (Å²) in [6.07, 6.45) is 1.47. The highest BCUT2D eigenvalue weighted by atomic mass is 35.5. The number of hydrogen-bond acceptors (Lipinski definition) is 2. The Balaban J connectivity index is 3.29. The number of halogens is 1. The molecule has 0 amide bonds. The fourth-order valence-electron chi connectivity index (χ4n) is 1.13. The lowest BCUT2D eigenvalue weighted by atomic mass is 10.0. The zero-order chi connectivity index (χ0) is 10.7. The number of carbonyl (C=O) groups is 1. The number of rotatable bonds is 3. The molecule has 0 unspecified atom stereocenters. The van der Waals surface area contributed by atoms with E-state index in [0.29, 0.717) is 10.6 Å². The summed E-state index contributed by atoms with van der Waals surface area (Å²) in [6, 6.07) is 3.98. The molecule has 0 aliphatic rings. The van der Waals surface area contributed by atoms with Crippen molar-refractivity contribution < 1.29 is 9.90 Å². The molecule has 0 aliphatic heterocycles. The summed E-state index contributed by atoms with van der Waals surface area (Å²) in [5, 5.41) is 9.33. The first-order valence-corrected chi connectivity index (χ1v) is 4.35. The third kappa shape index (κ3) is 2.13. The predicted octanol–water partition coefficient (Wildman–Crippen LogP) is 2.22. The summed E-state index contributed by atoms with van der Waals surface area (Å²) in [5.41, 5.74) is 6.29. The SMILES string of the molecule is C=C[C@H](N)c1cc(Cl)ccc1C(=O)O. The van der Waals surface area contributed by atoms with E-state index in [0.717, 1.165) is 0 Å². The summed E-state index contributed by atoms with van der Waals surface area (Å²) in [5.74, 6) is -1.02. The van der Waals surface area contributed by atoms with Gasteiger partial charge in [-0.25, -0.2) is 4.79 Å². The molecule has 1 rings (SSSR count). The van der Waals surface area contributed by atoms with Gasteiger partial charge in [-0.1, -0.05) is 17.7 Å². The van der Waals surface area contributed by atoms with Gasteiger partial charge in [-0.05, 0) is 23.8 Å². The van der Waals surface area contributed by atoms with Crippen LogP contribution in [-0.4, -0.2) is 11.1 Å². The Bertz CT molecular complexity index is 376. The van der Waals surface area contributed by atoms with E-state index in [1.807, 2.05) is 0 Å². The molecule has 3 N–H and O–H groups in total. The van der Waals surface area contributed by atoms with Crippen LogP contribution in [0.25, 0.3) is 0 Å². The highest BCUT2D eigenvalue weighted by Gasteiger charge is 2.13. The fraction of sp³-hybridized carbons (Fsp3) is 0.100. The van der Waals surface area contributed by atoms with Crippen molar-refractivity contribution in [2.45, 2.75) is 6.04 Å². The van der Waals surface area contributed by atoms with Crippen LogP contribution >= 0.6 is 11.6 Å². The first kappa shape index (κ1) is 10.8. The van der Waals surface area contributed by atoms with Gasteiger partial charge in [-0.15, -0.1) is 6.58 Å². The van der Waals surface area contributed by atoms with Gasteiger partial charge in [0.1, 0.15) is 0 Å². The molecule has 1 atom stereocenters. The van der Waals surface area contributed by atoms with Gasteiger partial charge in [0, 0.05) is 11.1 Å². The zero-order valence-electron chi connectivity index (χ0n) is 7.40. The standard InChI is InChI=1S/C10H10ClNO2/c1-2-9(12)8-5-6(11)3-4-7(8)10(13)14/h2-5,9H,1,12H2,(H,13,14)/t9-/m0/s1. The summed E-state index contributed by atoms with van der Waals surface area (Å²) in [4.78, 5) is 10.8. The highest BCUT2D eigenvalue weighted by Crippen LogP contribution is 2.21. The van der Waals surface area contributed by atoms with Gasteiger partial charge < -0.3 is 10.8 Å². The second-order valence-electron chi connectivity index (χ2n) is 2.80. The van der Waals surface area contributed by atoms with Crippen molar-refractivity contribution >= 4 is 17.6 Å². The molecule has 0 bridgehead atoms. The number of carboxylic acid groups (broad SMARTS) is 1. The highest BCUT2D eigenvalue weighted by molar-refractivity contribution is 6.30. The average Bonchev–Trinajstić information content (AvgIpc) is 2.16. The molecule has 0 aliphatic carbocycles. The van der Waals surface area contributed by atoms with Crippen LogP contribution in [0.1, 0.15) is 22.0 Å². The molecule has 0 radical (unpaired) electrons. The monoisotopic (exact) mass is 211 g/mol. The third-order valence-corrected chi connectivity index (χ3v) is 2.09. The summed E-state index contributed by atoms with van der Waals surface area (Å²) in [6.45, 7) is 3.51. The van der Waals surface area contributed by atoms with Crippen molar-refractivity contribution in [1.82, 2.24) is 0 Å². The van der Waals surface area contributed by atoms with E-state index in [-0.39, 0.29) is 5.56 Å². The van der Waals surface area contributed by atoms with Crippen LogP contribution in [0.5, 0.6) is 0 Å². The maximum absolute atomic E-state index is 10.8. The minimum atomic E-state index is -1.02. The maximum atomic E-state index is 10.8. The van der Waals surface area contributed by atoms with Gasteiger partial charge in [0.25, 0.3) is 0 Å². The number of benzene rings is 1. The van der Waals surface area contributed by atoms with E-state index in [4.69, 9.17) is 22.4 Å². The van der Waals surface area contributed by atoms with Crippen molar-refractivity contribution in [3.8, 4) is 0 Å². The van der Waals surface area contributed by atoms with Crippen LogP contribution in [-0.2, 0) is 0 Å². The van der Waals surface area contributed by atoms with Gasteiger partial charge in [-0.2, -0.15) is 0 Å². The van der Waals surface area contributed by atoms with Gasteiger partial charge in [0.15, 0.2) is 0 Å². The van der Waals surface area contributed by atoms with Crippen LogP contribution in [0.15, 0.2) is 30.9 Å². The van der Waals surface area contributed by atoms with E-state index >= 15 is 0 Å². The van der Waals surface area contributed by atoms with Gasteiger partial charge in [-0.3, -0.25) is 0 Å². The second-order valence-corrected chi connectivity index (χ2v) is 3.23. The van der Waals surface area contributed by atoms with E-state index in [1.165, 1.54) is 24.3 Å². The Hall–Kier alpha value is -1.32. The number of hydrogen-bond donors (Lipinski definition) is 2. The normalized spacial score (nSPS) is 12.1. The molecular weight excluding hydrogens is 202 g/mol. The zero-order valence-corrected chi connectivity index (χ0v) is 8.16. The second kappa shape index (κ2) is 4.26. The predicted molar refractivity (Wildman–Crippen MR) is 55.5 cm³/mol. The Morgan fingerprint density at radius 3 is 2.79 bits per heavy atom. The molecule has 4 heteroatoms. The smallest absolute Gasteiger partial charge is 0.336 e. The number of nitrogens with two attached hydrogens (primary N) is 1. The Morgan fingerprint density at radius 1 is 1.64 bits per heavy atom. The van der Waals surface area contributed by atoms with Crippen LogP contribution in [0.2, 0.25) is 5.02 Å². The summed E-state index contributed by atoms with van der Waals surface area (Å²) in [7, 11) is 0. The van der Waals surface area contributed by atoms with Crippen LogP contribution in [0.4, 0.5) is 0 Å². The van der Waals surface area contributed by atoms with E-state index < -0.39 is 12.0 Å². The summed E-state index contributed by atoms with van der Waals surface area (Å²) < 4.78 is 0. The lowest BCUT2D eigenvalue weighted by Crippen LogP contribution is -2.12. The van der Waals surface area contributed by atoms with E-state index in [9.17, 15) is 4.79 Å². The van der Waals surface area contributed by atoms with Gasteiger partial charge >= 0.3 is 5.97 Å². The lowest BCUT2D eigenvalue weighted by Gasteiger charge is -2.10. The number of aromatic carboxylic acids is 1.